The van der Waals surface area contributed by atoms with Crippen LogP contribution in [0.25, 0.3) is 0 Å². The zero-order chi connectivity index (χ0) is 64.3. The summed E-state index contributed by atoms with van der Waals surface area (Å²) >= 11 is 0. The molecule has 5 nitrogen and oxygen atoms in total. The minimum Gasteiger partial charge on any atom is -0.478 e. The Morgan fingerprint density at radius 2 is 0.494 bits per heavy atom. The van der Waals surface area contributed by atoms with Gasteiger partial charge < -0.3 is 10.0 Å². The molecule has 0 unspecified atom stereocenters. The SMILES string of the molecule is CCCCCCCCCCCCCCCCCCCc1ccncc1.CCCCCCCCCCCCCCCCCCc1cnccc1C(=O)O.CCCCCCCCCCCCN(CCCCCCCCCCCC)CCCCCCCCCCCC. The molecule has 89 heavy (non-hydrogen) atoms. The van der Waals surface area contributed by atoms with Crippen molar-refractivity contribution in [2.45, 2.75) is 452 Å². The summed E-state index contributed by atoms with van der Waals surface area (Å²) in [5, 5.41) is 9.17. The first kappa shape index (κ1) is 86.7. The smallest absolute Gasteiger partial charge is 0.336 e. The number of hydrogen-bond donors (Lipinski definition) is 1. The molecular formula is C84H159N3O2. The number of aromatic nitrogens is 2. The molecule has 0 aliphatic rings. The maximum absolute atomic E-state index is 11.2. The molecule has 2 aromatic heterocycles. The van der Waals surface area contributed by atoms with Crippen LogP contribution in [0.3, 0.4) is 0 Å². The van der Waals surface area contributed by atoms with E-state index in [2.05, 4.69) is 61.6 Å². The Morgan fingerprint density at radius 1 is 0.281 bits per heavy atom. The Morgan fingerprint density at radius 3 is 0.742 bits per heavy atom. The summed E-state index contributed by atoms with van der Waals surface area (Å²) in [4.78, 5) is 22.1. The predicted octanol–water partition coefficient (Wildman–Crippen LogP) is 28.9. The van der Waals surface area contributed by atoms with Crippen LogP contribution in [0.2, 0.25) is 0 Å². The number of carboxylic acid groups (broad SMARTS) is 1. The Kier molecular flexibility index (Phi) is 74.5. The van der Waals surface area contributed by atoms with Gasteiger partial charge >= 0.3 is 5.97 Å². The van der Waals surface area contributed by atoms with Crippen LogP contribution in [0, 0.1) is 0 Å². The van der Waals surface area contributed by atoms with E-state index >= 15 is 0 Å². The summed E-state index contributed by atoms with van der Waals surface area (Å²) in [5.41, 5.74) is 2.72. The third-order valence-corrected chi connectivity index (χ3v) is 19.2. The zero-order valence-corrected chi connectivity index (χ0v) is 61.3. The van der Waals surface area contributed by atoms with Crippen molar-refractivity contribution in [1.29, 1.82) is 0 Å². The normalized spacial score (nSPS) is 11.3. The van der Waals surface area contributed by atoms with Crippen LogP contribution in [0.1, 0.15) is 461 Å². The number of carboxylic acids is 1. The molecule has 2 heterocycles. The molecule has 0 fully saturated rings. The van der Waals surface area contributed by atoms with Crippen molar-refractivity contribution in [1.82, 2.24) is 14.9 Å². The van der Waals surface area contributed by atoms with E-state index in [1.807, 2.05) is 12.4 Å². The molecule has 0 saturated carbocycles. The van der Waals surface area contributed by atoms with Crippen LogP contribution in [0.15, 0.2) is 43.0 Å². The standard InChI is InChI=1S/C36H75N.C24H41NO2.C24H43N/c1-4-7-10-13-16-19-22-25-28-31-34-37(35-32-29-26-23-20-17-14-11-8-5-2)36-33-30-27-24-21-18-15-12-9-6-3;1-2-3-4-5-6-7-8-9-10-11-12-13-14-15-16-17-18-22-21-25-20-19-23(22)24(26)27;1-2-3-4-5-6-7-8-9-10-11-12-13-14-15-16-17-18-19-24-20-22-25-23-21-24/h4-36H2,1-3H3;19-21H,2-18H2,1H3,(H,26,27);20-23H,2-19H2,1H3. The van der Waals surface area contributed by atoms with Gasteiger partial charge in [0.25, 0.3) is 0 Å². The van der Waals surface area contributed by atoms with Crippen molar-refractivity contribution in [3.63, 3.8) is 0 Å². The largest absolute Gasteiger partial charge is 0.478 e. The summed E-state index contributed by atoms with van der Waals surface area (Å²) in [5.74, 6) is -0.844. The Labute approximate surface area is 559 Å². The van der Waals surface area contributed by atoms with E-state index in [-0.39, 0.29) is 0 Å². The van der Waals surface area contributed by atoms with Crippen molar-refractivity contribution < 1.29 is 9.90 Å². The van der Waals surface area contributed by atoms with Gasteiger partial charge in [-0.05, 0) is 93.9 Å². The molecule has 0 aliphatic heterocycles. The summed E-state index contributed by atoms with van der Waals surface area (Å²) in [7, 11) is 0. The van der Waals surface area contributed by atoms with Crippen LogP contribution >= 0.6 is 0 Å². The summed E-state index contributed by atoms with van der Waals surface area (Å²) < 4.78 is 0. The number of nitrogens with zero attached hydrogens (tertiary/aromatic N) is 3. The first-order valence-electron chi connectivity index (χ1n) is 40.8. The van der Waals surface area contributed by atoms with E-state index in [9.17, 15) is 9.90 Å². The van der Waals surface area contributed by atoms with Crippen LogP contribution in [-0.2, 0) is 12.8 Å². The van der Waals surface area contributed by atoms with Gasteiger partial charge in [-0.2, -0.15) is 0 Å². The molecule has 2 rings (SSSR count). The van der Waals surface area contributed by atoms with Gasteiger partial charge in [0.15, 0.2) is 0 Å². The molecule has 2 aromatic rings. The maximum atomic E-state index is 11.2. The van der Waals surface area contributed by atoms with Crippen LogP contribution in [0.4, 0.5) is 0 Å². The van der Waals surface area contributed by atoms with Crippen molar-refractivity contribution in [3.8, 4) is 0 Å². The van der Waals surface area contributed by atoms with Crippen molar-refractivity contribution in [3.05, 3.63) is 59.7 Å². The first-order valence-corrected chi connectivity index (χ1v) is 40.8. The van der Waals surface area contributed by atoms with Gasteiger partial charge in [-0.25, -0.2) is 4.79 Å². The van der Waals surface area contributed by atoms with Crippen LogP contribution < -0.4 is 0 Å². The lowest BCUT2D eigenvalue weighted by Crippen LogP contribution is -2.27. The molecule has 0 aliphatic carbocycles. The summed E-state index contributed by atoms with van der Waals surface area (Å²) in [6.45, 7) is 15.6. The Bertz CT molecular complexity index is 1540. The third-order valence-electron chi connectivity index (χ3n) is 19.2. The number of aromatic carboxylic acids is 1. The van der Waals surface area contributed by atoms with Gasteiger partial charge in [0.1, 0.15) is 0 Å². The molecule has 0 aromatic carbocycles. The Hall–Kier alpha value is -2.27. The second-order valence-electron chi connectivity index (χ2n) is 28.0. The minimum absolute atomic E-state index is 0.408. The molecule has 1 N–H and O–H groups in total. The fraction of sp³-hybridized carbons (Fsp3) is 0.869. The highest BCUT2D eigenvalue weighted by molar-refractivity contribution is 5.89. The minimum atomic E-state index is -0.844. The molecule has 0 saturated heterocycles. The lowest BCUT2D eigenvalue weighted by molar-refractivity contribution is 0.0695. The molecule has 5 heteroatoms. The summed E-state index contributed by atoms with van der Waals surface area (Å²) in [6.07, 6.45) is 99.0. The molecular weight excluding hydrogens is 1080 g/mol. The van der Waals surface area contributed by atoms with Gasteiger partial charge in [0.05, 0.1) is 5.56 Å². The molecule has 0 spiro atoms. The second-order valence-corrected chi connectivity index (χ2v) is 28.0. The van der Waals surface area contributed by atoms with Gasteiger partial charge in [0, 0.05) is 24.8 Å². The molecule has 0 radical (unpaired) electrons. The molecule has 0 bridgehead atoms. The van der Waals surface area contributed by atoms with Gasteiger partial charge in [-0.15, -0.1) is 0 Å². The first-order chi connectivity index (χ1) is 44.0. The number of aryl methyl sites for hydroxylation is 2. The third kappa shape index (κ3) is 68.4. The monoisotopic (exact) mass is 1240 g/mol. The average molecular weight is 1240 g/mol. The highest BCUT2D eigenvalue weighted by Crippen LogP contribution is 2.20. The number of pyridine rings is 2. The number of unbranched alkanes of at least 4 members (excludes halogenated alkanes) is 58. The highest BCUT2D eigenvalue weighted by atomic mass is 16.4. The Balaban J connectivity index is 0.00000134. The van der Waals surface area contributed by atoms with Crippen LogP contribution in [0.5, 0.6) is 0 Å². The van der Waals surface area contributed by atoms with Gasteiger partial charge in [-0.3, -0.25) is 9.97 Å². The van der Waals surface area contributed by atoms with E-state index in [1.165, 1.54) is 430 Å². The van der Waals surface area contributed by atoms with Gasteiger partial charge in [-0.1, -0.05) is 407 Å². The quantitative estimate of drug-likeness (QED) is 0.0669. The summed E-state index contributed by atoms with van der Waals surface area (Å²) in [6, 6.07) is 5.89. The lowest BCUT2D eigenvalue weighted by atomic mass is 10.0. The fourth-order valence-corrected chi connectivity index (χ4v) is 13.1. The second kappa shape index (κ2) is 76.4. The van der Waals surface area contributed by atoms with Crippen molar-refractivity contribution in [2.24, 2.45) is 0 Å². The number of hydrogen-bond acceptors (Lipinski definition) is 4. The van der Waals surface area contributed by atoms with Crippen molar-refractivity contribution >= 4 is 5.97 Å². The van der Waals surface area contributed by atoms with Gasteiger partial charge in [0.2, 0.25) is 0 Å². The van der Waals surface area contributed by atoms with Crippen LogP contribution in [-0.4, -0.2) is 45.6 Å². The van der Waals surface area contributed by atoms with E-state index in [0.29, 0.717) is 5.56 Å². The zero-order valence-electron chi connectivity index (χ0n) is 61.3. The number of carbonyl (C=O) groups is 1. The van der Waals surface area contributed by atoms with E-state index in [0.717, 1.165) is 18.4 Å². The fourth-order valence-electron chi connectivity index (χ4n) is 13.1. The highest BCUT2D eigenvalue weighted by Gasteiger charge is 2.10. The van der Waals surface area contributed by atoms with E-state index in [4.69, 9.17) is 0 Å². The van der Waals surface area contributed by atoms with E-state index < -0.39 is 5.97 Å². The number of rotatable bonds is 69. The lowest BCUT2D eigenvalue weighted by Gasteiger charge is -2.22. The van der Waals surface area contributed by atoms with Crippen molar-refractivity contribution in [2.75, 3.05) is 19.6 Å². The average Bonchev–Trinajstić information content (AvgIpc) is 3.70. The van der Waals surface area contributed by atoms with E-state index in [1.54, 1.807) is 18.5 Å². The topological polar surface area (TPSA) is 66.3 Å². The molecule has 0 amide bonds. The maximum Gasteiger partial charge on any atom is 0.336 e. The molecule has 522 valence electrons. The molecule has 0 atom stereocenters. The predicted molar refractivity (Wildman–Crippen MR) is 399 cm³/mol.